The van der Waals surface area contributed by atoms with E-state index in [1.165, 1.54) is 11.3 Å². The summed E-state index contributed by atoms with van der Waals surface area (Å²) in [6.07, 6.45) is 0. The van der Waals surface area contributed by atoms with Gasteiger partial charge in [-0.3, -0.25) is 10.1 Å². The molecule has 8 heteroatoms. The van der Waals surface area contributed by atoms with Crippen molar-refractivity contribution >= 4 is 33.0 Å². The fourth-order valence-corrected chi connectivity index (χ4v) is 3.04. The molecule has 0 aliphatic rings. The summed E-state index contributed by atoms with van der Waals surface area (Å²) in [6.45, 7) is 0.587. The highest BCUT2D eigenvalue weighted by molar-refractivity contribution is 9.10. The lowest BCUT2D eigenvalue weighted by Crippen LogP contribution is -2.13. The van der Waals surface area contributed by atoms with E-state index in [-0.39, 0.29) is 12.1 Å². The summed E-state index contributed by atoms with van der Waals surface area (Å²) >= 11 is 4.85. The van der Waals surface area contributed by atoms with Gasteiger partial charge in [0.2, 0.25) is 5.82 Å². The Morgan fingerprint density at radius 3 is 2.60 bits per heavy atom. The zero-order valence-electron chi connectivity index (χ0n) is 10.0. The van der Waals surface area contributed by atoms with Crippen LogP contribution in [0, 0.1) is 21.7 Å². The highest BCUT2D eigenvalue weighted by Crippen LogP contribution is 2.22. The number of nitro groups is 1. The average Bonchev–Trinajstić information content (AvgIpc) is 2.77. The van der Waals surface area contributed by atoms with Crippen LogP contribution >= 0.6 is 27.3 Å². The minimum atomic E-state index is -1.17. The van der Waals surface area contributed by atoms with Crippen molar-refractivity contribution in [1.82, 2.24) is 5.32 Å². The van der Waals surface area contributed by atoms with Crippen LogP contribution in [0.1, 0.15) is 10.4 Å². The summed E-state index contributed by atoms with van der Waals surface area (Å²) in [7, 11) is 0. The predicted molar refractivity (Wildman–Crippen MR) is 75.6 cm³/mol. The lowest BCUT2D eigenvalue weighted by Gasteiger charge is -2.05. The van der Waals surface area contributed by atoms with Gasteiger partial charge >= 0.3 is 5.69 Å². The van der Waals surface area contributed by atoms with Crippen molar-refractivity contribution < 1.29 is 13.7 Å². The van der Waals surface area contributed by atoms with E-state index in [1.807, 2.05) is 11.4 Å². The van der Waals surface area contributed by atoms with Crippen molar-refractivity contribution in [3.63, 3.8) is 0 Å². The molecule has 1 aromatic heterocycles. The van der Waals surface area contributed by atoms with Crippen LogP contribution in [0.4, 0.5) is 14.5 Å². The molecule has 2 aromatic rings. The van der Waals surface area contributed by atoms with Gasteiger partial charge in [-0.15, -0.1) is 11.3 Å². The van der Waals surface area contributed by atoms with Crippen molar-refractivity contribution in [2.75, 3.05) is 0 Å². The summed E-state index contributed by atoms with van der Waals surface area (Å²) in [6, 6.07) is 3.38. The van der Waals surface area contributed by atoms with Crippen LogP contribution in [0.25, 0.3) is 0 Å². The Balaban J connectivity index is 2.05. The first-order valence-electron chi connectivity index (χ1n) is 5.53. The quantitative estimate of drug-likeness (QED) is 0.646. The molecule has 2 rings (SSSR count). The smallest absolute Gasteiger partial charge is 0.305 e. The van der Waals surface area contributed by atoms with Gasteiger partial charge in [0.1, 0.15) is 5.82 Å². The number of benzene rings is 1. The fraction of sp³-hybridized carbons (Fsp3) is 0.167. The van der Waals surface area contributed by atoms with Gasteiger partial charge in [0, 0.05) is 45.5 Å². The molecule has 0 bridgehead atoms. The fourth-order valence-electron chi connectivity index (χ4n) is 1.62. The highest BCUT2D eigenvalue weighted by Gasteiger charge is 2.18. The topological polar surface area (TPSA) is 55.2 Å². The molecule has 0 aliphatic heterocycles. The molecule has 0 radical (unpaired) electrons. The van der Waals surface area contributed by atoms with Crippen LogP contribution in [0.2, 0.25) is 0 Å². The minimum Gasteiger partial charge on any atom is -0.308 e. The molecule has 0 saturated heterocycles. The largest absolute Gasteiger partial charge is 0.308 e. The maximum Gasteiger partial charge on any atom is 0.305 e. The van der Waals surface area contributed by atoms with Gasteiger partial charge in [-0.05, 0) is 22.0 Å². The summed E-state index contributed by atoms with van der Waals surface area (Å²) in [5, 5.41) is 15.5. The molecule has 0 amide bonds. The van der Waals surface area contributed by atoms with Crippen LogP contribution in [0.15, 0.2) is 28.1 Å². The maximum atomic E-state index is 13.5. The van der Waals surface area contributed by atoms with Gasteiger partial charge in [-0.25, -0.2) is 4.39 Å². The lowest BCUT2D eigenvalue weighted by atomic mass is 10.1. The second-order valence-corrected chi connectivity index (χ2v) is 5.90. The van der Waals surface area contributed by atoms with E-state index < -0.39 is 22.2 Å². The summed E-state index contributed by atoms with van der Waals surface area (Å²) in [5.41, 5.74) is -0.657. The number of hydrogen-bond acceptors (Lipinski definition) is 4. The average molecular weight is 363 g/mol. The molecular formula is C12H9BrF2N2O2S. The van der Waals surface area contributed by atoms with Crippen molar-refractivity contribution in [3.8, 4) is 0 Å². The van der Waals surface area contributed by atoms with Crippen LogP contribution < -0.4 is 5.32 Å². The third-order valence-electron chi connectivity index (χ3n) is 2.55. The SMILES string of the molecule is O=[N+]([O-])c1cc(CNCc2cc(Br)cs2)c(F)cc1F. The number of thiophene rings is 1. The Kier molecular flexibility index (Phi) is 4.79. The standard InChI is InChI=1S/C12H9BrF2N2O2S/c13-8-2-9(20-6-8)5-16-4-7-1-12(17(18)19)11(15)3-10(7)14/h1-3,6,16H,4-5H2. The summed E-state index contributed by atoms with van der Waals surface area (Å²) < 4.78 is 27.6. The molecule has 106 valence electrons. The summed E-state index contributed by atoms with van der Waals surface area (Å²) in [5.74, 6) is -1.97. The molecule has 0 aliphatic carbocycles. The van der Waals surface area contributed by atoms with Gasteiger partial charge in [-0.1, -0.05) is 0 Å². The van der Waals surface area contributed by atoms with Crippen molar-refractivity contribution in [2.45, 2.75) is 13.1 Å². The number of nitrogens with one attached hydrogen (secondary N) is 1. The van der Waals surface area contributed by atoms with E-state index in [1.54, 1.807) is 0 Å². The van der Waals surface area contributed by atoms with Crippen LogP contribution in [-0.2, 0) is 13.1 Å². The Bertz CT molecular complexity index is 648. The molecule has 1 N–H and O–H groups in total. The number of halogens is 3. The van der Waals surface area contributed by atoms with Gasteiger partial charge in [0.05, 0.1) is 4.92 Å². The van der Waals surface area contributed by atoms with Gasteiger partial charge < -0.3 is 5.32 Å². The van der Waals surface area contributed by atoms with Crippen molar-refractivity contribution in [3.05, 3.63) is 60.2 Å². The van der Waals surface area contributed by atoms with Crippen LogP contribution in [-0.4, -0.2) is 4.92 Å². The maximum absolute atomic E-state index is 13.5. The third-order valence-corrected chi connectivity index (χ3v) is 4.25. The number of nitro benzene ring substituents is 1. The lowest BCUT2D eigenvalue weighted by molar-refractivity contribution is -0.387. The van der Waals surface area contributed by atoms with E-state index in [0.717, 1.165) is 15.4 Å². The number of hydrogen-bond donors (Lipinski definition) is 1. The van der Waals surface area contributed by atoms with Crippen molar-refractivity contribution in [1.29, 1.82) is 0 Å². The molecule has 20 heavy (non-hydrogen) atoms. The third kappa shape index (κ3) is 3.59. The van der Waals surface area contributed by atoms with Gasteiger partial charge in [0.25, 0.3) is 0 Å². The molecule has 0 saturated carbocycles. The molecule has 0 fully saturated rings. The van der Waals surface area contributed by atoms with Gasteiger partial charge in [0.15, 0.2) is 0 Å². The van der Waals surface area contributed by atoms with E-state index in [0.29, 0.717) is 12.6 Å². The zero-order valence-corrected chi connectivity index (χ0v) is 12.4. The van der Waals surface area contributed by atoms with Crippen LogP contribution in [0.3, 0.4) is 0 Å². The Morgan fingerprint density at radius 1 is 1.25 bits per heavy atom. The molecule has 1 heterocycles. The molecule has 0 spiro atoms. The predicted octanol–water partition coefficient (Wildman–Crippen LogP) is 3.99. The first kappa shape index (κ1) is 15.0. The Hall–Kier alpha value is -1.38. The van der Waals surface area contributed by atoms with E-state index in [4.69, 9.17) is 0 Å². The molecule has 0 atom stereocenters. The normalized spacial score (nSPS) is 10.8. The summed E-state index contributed by atoms with van der Waals surface area (Å²) in [4.78, 5) is 10.8. The molecule has 0 unspecified atom stereocenters. The van der Waals surface area contributed by atoms with E-state index >= 15 is 0 Å². The zero-order chi connectivity index (χ0) is 14.7. The Morgan fingerprint density at radius 2 is 2.00 bits per heavy atom. The van der Waals surface area contributed by atoms with E-state index in [2.05, 4.69) is 21.2 Å². The van der Waals surface area contributed by atoms with Crippen molar-refractivity contribution in [2.24, 2.45) is 0 Å². The Labute approximate surface area is 125 Å². The molecule has 4 nitrogen and oxygen atoms in total. The minimum absolute atomic E-state index is 0.0636. The highest BCUT2D eigenvalue weighted by atomic mass is 79.9. The number of rotatable bonds is 5. The second-order valence-electron chi connectivity index (χ2n) is 3.99. The van der Waals surface area contributed by atoms with E-state index in [9.17, 15) is 18.9 Å². The first-order valence-corrected chi connectivity index (χ1v) is 7.20. The number of nitrogens with zero attached hydrogens (tertiary/aromatic N) is 1. The van der Waals surface area contributed by atoms with Crippen LogP contribution in [0.5, 0.6) is 0 Å². The second kappa shape index (κ2) is 6.38. The van der Waals surface area contributed by atoms with Gasteiger partial charge in [-0.2, -0.15) is 4.39 Å². The first-order chi connectivity index (χ1) is 9.47. The molecule has 1 aromatic carbocycles. The molecular weight excluding hydrogens is 354 g/mol. The monoisotopic (exact) mass is 362 g/mol.